The van der Waals surface area contributed by atoms with Gasteiger partial charge in [-0.2, -0.15) is 5.26 Å². The van der Waals surface area contributed by atoms with Crippen LogP contribution in [-0.2, 0) is 0 Å². The fourth-order valence-electron chi connectivity index (χ4n) is 3.07. The lowest BCUT2D eigenvalue weighted by Crippen LogP contribution is -2.16. The molecule has 0 saturated carbocycles. The van der Waals surface area contributed by atoms with Crippen molar-refractivity contribution >= 4 is 23.2 Å². The summed E-state index contributed by atoms with van der Waals surface area (Å²) in [5, 5.41) is 15.3. The Balaban J connectivity index is 1.92. The van der Waals surface area contributed by atoms with E-state index in [9.17, 15) is 10.1 Å². The zero-order chi connectivity index (χ0) is 21.0. The van der Waals surface area contributed by atoms with Gasteiger partial charge in [0, 0.05) is 11.4 Å². The molecule has 0 atom stereocenters. The summed E-state index contributed by atoms with van der Waals surface area (Å²) in [7, 11) is 0. The quantitative estimate of drug-likeness (QED) is 0.639. The highest BCUT2D eigenvalue weighted by Crippen LogP contribution is 2.29. The summed E-state index contributed by atoms with van der Waals surface area (Å²) in [6, 6.07) is 16.7. The summed E-state index contributed by atoms with van der Waals surface area (Å²) in [6.07, 6.45) is 0. The number of nitrogens with zero attached hydrogens (tertiary/aromatic N) is 3. The molecule has 2 N–H and O–H groups in total. The van der Waals surface area contributed by atoms with Crippen LogP contribution in [-0.4, -0.2) is 15.9 Å². The van der Waals surface area contributed by atoms with Gasteiger partial charge in [0.05, 0.1) is 11.3 Å². The van der Waals surface area contributed by atoms with E-state index >= 15 is 0 Å². The molecule has 3 aromatic rings. The monoisotopic (exact) mass is 385 g/mol. The third-order valence-corrected chi connectivity index (χ3v) is 4.55. The van der Waals surface area contributed by atoms with Gasteiger partial charge in [-0.05, 0) is 49.1 Å². The van der Waals surface area contributed by atoms with Crippen molar-refractivity contribution in [2.45, 2.75) is 33.6 Å². The Bertz CT molecular complexity index is 1100. The highest BCUT2D eigenvalue weighted by molar-refractivity contribution is 6.03. The lowest BCUT2D eigenvalue weighted by molar-refractivity contribution is 0.102. The lowest BCUT2D eigenvalue weighted by Gasteiger charge is -2.17. The van der Waals surface area contributed by atoms with Crippen LogP contribution in [0.25, 0.3) is 0 Å². The Morgan fingerprint density at radius 1 is 1.07 bits per heavy atom. The zero-order valence-corrected chi connectivity index (χ0v) is 16.9. The minimum absolute atomic E-state index is 0.229. The van der Waals surface area contributed by atoms with Gasteiger partial charge in [0.1, 0.15) is 11.8 Å². The second-order valence-electron chi connectivity index (χ2n) is 7.15. The number of carbonyl (C=O) groups excluding carboxylic acids is 1. The number of carbonyl (C=O) groups is 1. The molecule has 6 heteroatoms. The van der Waals surface area contributed by atoms with E-state index in [0.717, 1.165) is 16.8 Å². The number of aromatic nitrogens is 2. The zero-order valence-electron chi connectivity index (χ0n) is 16.9. The van der Waals surface area contributed by atoms with E-state index in [4.69, 9.17) is 0 Å². The molecule has 0 bridgehead atoms. The predicted molar refractivity (Wildman–Crippen MR) is 114 cm³/mol. The number of rotatable bonds is 5. The van der Waals surface area contributed by atoms with Crippen molar-refractivity contribution in [2.24, 2.45) is 0 Å². The Hall–Kier alpha value is -3.72. The average Bonchev–Trinajstić information content (AvgIpc) is 2.69. The molecule has 0 radical (unpaired) electrons. The molecule has 146 valence electrons. The molecule has 0 aliphatic carbocycles. The summed E-state index contributed by atoms with van der Waals surface area (Å²) in [5.74, 6) is 0.294. The molecule has 1 heterocycles. The molecule has 3 rings (SSSR count). The number of nitriles is 1. The number of aryl methyl sites for hydroxylation is 2. The third kappa shape index (κ3) is 4.58. The van der Waals surface area contributed by atoms with Gasteiger partial charge in [-0.3, -0.25) is 4.79 Å². The van der Waals surface area contributed by atoms with Gasteiger partial charge in [-0.15, -0.1) is 0 Å². The molecule has 6 nitrogen and oxygen atoms in total. The normalized spacial score (nSPS) is 10.5. The molecule has 0 unspecified atom stereocenters. The Morgan fingerprint density at radius 2 is 1.83 bits per heavy atom. The van der Waals surface area contributed by atoms with Crippen LogP contribution in [0.4, 0.5) is 17.3 Å². The van der Waals surface area contributed by atoms with Crippen molar-refractivity contribution < 1.29 is 4.79 Å². The van der Waals surface area contributed by atoms with Gasteiger partial charge >= 0.3 is 0 Å². The number of hydrogen-bond acceptors (Lipinski definition) is 5. The molecule has 0 spiro atoms. The highest BCUT2D eigenvalue weighted by Gasteiger charge is 2.15. The van der Waals surface area contributed by atoms with Crippen molar-refractivity contribution in [3.8, 4) is 6.07 Å². The second-order valence-corrected chi connectivity index (χ2v) is 7.15. The van der Waals surface area contributed by atoms with Gasteiger partial charge in [0.2, 0.25) is 5.95 Å². The molecule has 29 heavy (non-hydrogen) atoms. The molecular formula is C23H23N5O. The number of para-hydroxylation sites is 2. The van der Waals surface area contributed by atoms with E-state index in [-0.39, 0.29) is 5.69 Å². The van der Waals surface area contributed by atoms with Gasteiger partial charge in [-0.1, -0.05) is 44.2 Å². The van der Waals surface area contributed by atoms with Gasteiger partial charge in [0.25, 0.3) is 5.91 Å². The first-order chi connectivity index (χ1) is 13.9. The third-order valence-electron chi connectivity index (χ3n) is 4.55. The Kier molecular flexibility index (Phi) is 5.89. The van der Waals surface area contributed by atoms with Crippen molar-refractivity contribution in [3.05, 3.63) is 76.6 Å². The molecular weight excluding hydrogens is 362 g/mol. The van der Waals surface area contributed by atoms with E-state index in [1.807, 2.05) is 26.0 Å². The predicted octanol–water partition coefficient (Wildman–Crippen LogP) is 5.08. The molecule has 0 saturated heterocycles. The smallest absolute Gasteiger partial charge is 0.274 e. The number of benzene rings is 2. The minimum Gasteiger partial charge on any atom is -0.324 e. The molecule has 0 aliphatic heterocycles. The van der Waals surface area contributed by atoms with Crippen LogP contribution < -0.4 is 10.6 Å². The summed E-state index contributed by atoms with van der Waals surface area (Å²) in [6.45, 7) is 8.09. The van der Waals surface area contributed by atoms with Crippen LogP contribution in [0.1, 0.15) is 52.6 Å². The topological polar surface area (TPSA) is 90.7 Å². The lowest BCUT2D eigenvalue weighted by atomic mass is 9.98. The van der Waals surface area contributed by atoms with Gasteiger partial charge < -0.3 is 10.6 Å². The van der Waals surface area contributed by atoms with Crippen LogP contribution in [0.3, 0.4) is 0 Å². The Labute approximate surface area is 170 Å². The summed E-state index contributed by atoms with van der Waals surface area (Å²) >= 11 is 0. The molecule has 0 fully saturated rings. The highest BCUT2D eigenvalue weighted by atomic mass is 16.1. The van der Waals surface area contributed by atoms with Crippen LogP contribution >= 0.6 is 0 Å². The van der Waals surface area contributed by atoms with E-state index in [1.165, 1.54) is 0 Å². The minimum atomic E-state index is -0.393. The van der Waals surface area contributed by atoms with Crippen molar-refractivity contribution in [2.75, 3.05) is 10.6 Å². The number of nitrogens with one attached hydrogen (secondary N) is 2. The van der Waals surface area contributed by atoms with Crippen molar-refractivity contribution in [3.63, 3.8) is 0 Å². The maximum atomic E-state index is 12.7. The van der Waals surface area contributed by atoms with Gasteiger partial charge in [0.15, 0.2) is 0 Å². The van der Waals surface area contributed by atoms with Crippen LogP contribution in [0.15, 0.2) is 48.5 Å². The van der Waals surface area contributed by atoms with Crippen molar-refractivity contribution in [1.82, 2.24) is 9.97 Å². The first kappa shape index (κ1) is 20.0. The molecule has 2 aromatic carbocycles. The first-order valence-electron chi connectivity index (χ1n) is 9.41. The van der Waals surface area contributed by atoms with E-state index in [1.54, 1.807) is 30.3 Å². The van der Waals surface area contributed by atoms with E-state index in [2.05, 4.69) is 46.6 Å². The van der Waals surface area contributed by atoms with Gasteiger partial charge in [-0.25, -0.2) is 9.97 Å². The van der Waals surface area contributed by atoms with Crippen molar-refractivity contribution in [1.29, 1.82) is 5.26 Å². The molecule has 0 aliphatic rings. The largest absolute Gasteiger partial charge is 0.324 e. The Morgan fingerprint density at radius 3 is 2.55 bits per heavy atom. The summed E-state index contributed by atoms with van der Waals surface area (Å²) < 4.78 is 0. The maximum absolute atomic E-state index is 12.7. The summed E-state index contributed by atoms with van der Waals surface area (Å²) in [5.41, 5.74) is 4.93. The fraction of sp³-hybridized carbons (Fsp3) is 0.217. The SMILES string of the molecule is Cc1cc(C(=O)Nc2ccccc2C#N)nc(Nc2c(C)cccc2C(C)C)n1. The van der Waals surface area contributed by atoms with Crippen LogP contribution in [0.2, 0.25) is 0 Å². The van der Waals surface area contributed by atoms with E-state index < -0.39 is 5.91 Å². The van der Waals surface area contributed by atoms with E-state index in [0.29, 0.717) is 28.8 Å². The molecule has 1 aromatic heterocycles. The average molecular weight is 385 g/mol. The first-order valence-corrected chi connectivity index (χ1v) is 9.41. The second kappa shape index (κ2) is 8.53. The number of hydrogen-bond donors (Lipinski definition) is 2. The molecule has 1 amide bonds. The standard InChI is InChI=1S/C23H23N5O/c1-14(2)18-10-7-8-15(3)21(18)28-23-25-16(4)12-20(27-23)22(29)26-19-11-6-5-9-17(19)13-24/h5-12,14H,1-4H3,(H,26,29)(H,25,27,28). The summed E-state index contributed by atoms with van der Waals surface area (Å²) in [4.78, 5) is 21.6. The number of amides is 1. The fourth-order valence-corrected chi connectivity index (χ4v) is 3.07. The van der Waals surface area contributed by atoms with Crippen LogP contribution in [0, 0.1) is 25.2 Å². The maximum Gasteiger partial charge on any atom is 0.274 e. The van der Waals surface area contributed by atoms with Crippen LogP contribution in [0.5, 0.6) is 0 Å². The number of anilines is 3.